The normalized spacial score (nSPS) is 30.8. The maximum absolute atomic E-state index is 14.2. The van der Waals surface area contributed by atoms with Crippen molar-refractivity contribution >= 4 is 22.5 Å². The summed E-state index contributed by atoms with van der Waals surface area (Å²) in [5.41, 5.74) is 2.36. The summed E-state index contributed by atoms with van der Waals surface area (Å²) >= 11 is 1.65. The molecule has 0 bridgehead atoms. The SMILES string of the molecule is CCCC1CNc2ccccc2C1(C)SC(=NC)C1C=C(F)/C=C\C/C(F)=C\1. The standard InChI is InChI=1S/C23H28F2N2S/c1-4-8-17-15-27-21-12-6-5-11-20(21)23(17,2)28-22(26-3)16-13-18(24)9-7-10-19(25)14-16/h5-7,9,11-14,16-17,27H,4,8,10,15H2,1-3H3/b9-7-,18-13?,19-14+,26-22?. The van der Waals surface area contributed by atoms with E-state index in [1.807, 2.05) is 6.07 Å². The molecule has 3 rings (SSSR count). The van der Waals surface area contributed by atoms with Gasteiger partial charge in [0.05, 0.1) is 9.79 Å². The summed E-state index contributed by atoms with van der Waals surface area (Å²) in [5, 5.41) is 4.29. The zero-order chi connectivity index (χ0) is 20.1. The molecule has 3 unspecified atom stereocenters. The maximum atomic E-state index is 14.2. The van der Waals surface area contributed by atoms with E-state index in [1.165, 1.54) is 29.9 Å². The molecule has 1 aliphatic carbocycles. The Labute approximate surface area is 170 Å². The molecule has 150 valence electrons. The Bertz CT molecular complexity index is 828. The number of rotatable bonds is 4. The number of thioether (sulfide) groups is 1. The van der Waals surface area contributed by atoms with Crippen molar-refractivity contribution in [3.8, 4) is 0 Å². The van der Waals surface area contributed by atoms with Gasteiger partial charge in [-0.3, -0.25) is 4.99 Å². The molecule has 28 heavy (non-hydrogen) atoms. The number of allylic oxidation sites excluding steroid dienone is 6. The fraction of sp³-hybridized carbons (Fsp3) is 0.435. The Morgan fingerprint density at radius 3 is 2.82 bits per heavy atom. The Morgan fingerprint density at radius 1 is 1.29 bits per heavy atom. The van der Waals surface area contributed by atoms with E-state index in [1.54, 1.807) is 18.8 Å². The first kappa shape index (κ1) is 20.8. The minimum atomic E-state index is -0.499. The van der Waals surface area contributed by atoms with Crippen LogP contribution in [0.2, 0.25) is 0 Å². The molecule has 0 fully saturated rings. The summed E-state index contributed by atoms with van der Waals surface area (Å²) in [4.78, 5) is 4.47. The van der Waals surface area contributed by atoms with Gasteiger partial charge in [-0.2, -0.15) is 0 Å². The first-order valence-electron chi connectivity index (χ1n) is 9.87. The number of benzene rings is 1. The number of anilines is 1. The minimum absolute atomic E-state index is 0.113. The number of hydrogen-bond acceptors (Lipinski definition) is 3. The number of para-hydroxylation sites is 1. The van der Waals surface area contributed by atoms with Crippen LogP contribution in [0.25, 0.3) is 0 Å². The van der Waals surface area contributed by atoms with Gasteiger partial charge in [0.15, 0.2) is 0 Å². The monoisotopic (exact) mass is 402 g/mol. The summed E-state index contributed by atoms with van der Waals surface area (Å²) in [6.45, 7) is 5.32. The highest BCUT2D eigenvalue weighted by atomic mass is 32.2. The highest BCUT2D eigenvalue weighted by Crippen LogP contribution is 2.51. The highest BCUT2D eigenvalue weighted by Gasteiger charge is 2.42. The summed E-state index contributed by atoms with van der Waals surface area (Å²) in [7, 11) is 1.71. The summed E-state index contributed by atoms with van der Waals surface area (Å²) in [6, 6.07) is 8.33. The molecule has 0 saturated heterocycles. The number of aliphatic imine (C=N–C) groups is 1. The lowest BCUT2D eigenvalue weighted by molar-refractivity contribution is 0.386. The van der Waals surface area contributed by atoms with Crippen LogP contribution in [0.15, 0.2) is 65.2 Å². The number of hydrogen-bond donors (Lipinski definition) is 1. The van der Waals surface area contributed by atoms with E-state index in [9.17, 15) is 8.78 Å². The summed E-state index contributed by atoms with van der Waals surface area (Å²) in [6.07, 6.45) is 8.05. The predicted molar refractivity (Wildman–Crippen MR) is 117 cm³/mol. The molecule has 3 atom stereocenters. The first-order chi connectivity index (χ1) is 13.5. The lowest BCUT2D eigenvalue weighted by Gasteiger charge is -2.43. The van der Waals surface area contributed by atoms with Crippen LogP contribution in [-0.2, 0) is 4.75 Å². The fourth-order valence-electron chi connectivity index (χ4n) is 4.03. The van der Waals surface area contributed by atoms with Gasteiger partial charge in [0.1, 0.15) is 11.7 Å². The van der Waals surface area contributed by atoms with Crippen LogP contribution in [-0.4, -0.2) is 18.6 Å². The van der Waals surface area contributed by atoms with Crippen molar-refractivity contribution in [2.75, 3.05) is 18.9 Å². The van der Waals surface area contributed by atoms with Crippen LogP contribution in [0, 0.1) is 11.8 Å². The molecule has 0 amide bonds. The molecule has 0 aromatic heterocycles. The molecular formula is C23H28F2N2S. The van der Waals surface area contributed by atoms with Gasteiger partial charge in [-0.05, 0) is 49.1 Å². The third-order valence-electron chi connectivity index (χ3n) is 5.53. The van der Waals surface area contributed by atoms with Crippen molar-refractivity contribution in [2.24, 2.45) is 16.8 Å². The second-order valence-corrected chi connectivity index (χ2v) is 8.95. The molecule has 0 radical (unpaired) electrons. The first-order valence-corrected chi connectivity index (χ1v) is 10.7. The van der Waals surface area contributed by atoms with Gasteiger partial charge in [-0.1, -0.05) is 49.4 Å². The molecule has 1 N–H and O–H groups in total. The Balaban J connectivity index is 2.00. The van der Waals surface area contributed by atoms with Crippen molar-refractivity contribution in [3.63, 3.8) is 0 Å². The minimum Gasteiger partial charge on any atom is -0.384 e. The van der Waals surface area contributed by atoms with E-state index < -0.39 is 5.92 Å². The van der Waals surface area contributed by atoms with E-state index in [0.717, 1.165) is 30.1 Å². The van der Waals surface area contributed by atoms with E-state index >= 15 is 0 Å². The fourth-order valence-corrected chi connectivity index (χ4v) is 5.48. The summed E-state index contributed by atoms with van der Waals surface area (Å²) < 4.78 is 28.1. The van der Waals surface area contributed by atoms with Gasteiger partial charge in [0.25, 0.3) is 0 Å². The van der Waals surface area contributed by atoms with Crippen molar-refractivity contribution in [1.29, 1.82) is 0 Å². The van der Waals surface area contributed by atoms with Crippen LogP contribution in [0.3, 0.4) is 0 Å². The Kier molecular flexibility index (Phi) is 6.76. The number of halogens is 2. The van der Waals surface area contributed by atoms with E-state index in [4.69, 9.17) is 0 Å². The third kappa shape index (κ3) is 4.40. The second kappa shape index (κ2) is 9.08. The van der Waals surface area contributed by atoms with Crippen molar-refractivity contribution in [3.05, 3.63) is 65.8 Å². The molecule has 1 heterocycles. The maximum Gasteiger partial charge on any atom is 0.119 e. The molecule has 1 aromatic carbocycles. The van der Waals surface area contributed by atoms with Gasteiger partial charge in [0, 0.05) is 31.6 Å². The van der Waals surface area contributed by atoms with Crippen LogP contribution in [0.4, 0.5) is 14.5 Å². The quantitative estimate of drug-likeness (QED) is 0.443. The molecule has 1 aromatic rings. The van der Waals surface area contributed by atoms with E-state index in [2.05, 4.69) is 42.4 Å². The lowest BCUT2D eigenvalue weighted by Crippen LogP contribution is -2.40. The largest absolute Gasteiger partial charge is 0.384 e. The van der Waals surface area contributed by atoms with Crippen LogP contribution in [0.5, 0.6) is 0 Å². The predicted octanol–water partition coefficient (Wildman–Crippen LogP) is 6.79. The van der Waals surface area contributed by atoms with Crippen LogP contribution < -0.4 is 5.32 Å². The third-order valence-corrected chi connectivity index (χ3v) is 7.17. The average molecular weight is 403 g/mol. The Morgan fingerprint density at radius 2 is 2.07 bits per heavy atom. The number of nitrogens with one attached hydrogen (secondary N) is 1. The van der Waals surface area contributed by atoms with E-state index in [0.29, 0.717) is 5.92 Å². The smallest absolute Gasteiger partial charge is 0.119 e. The van der Waals surface area contributed by atoms with Gasteiger partial charge in [-0.15, -0.1) is 0 Å². The van der Waals surface area contributed by atoms with Crippen LogP contribution >= 0.6 is 11.8 Å². The van der Waals surface area contributed by atoms with Gasteiger partial charge >= 0.3 is 0 Å². The molecule has 1 aliphatic heterocycles. The molecular weight excluding hydrogens is 374 g/mol. The topological polar surface area (TPSA) is 24.4 Å². The lowest BCUT2D eigenvalue weighted by atomic mass is 9.80. The summed E-state index contributed by atoms with van der Waals surface area (Å²) in [5.74, 6) is -0.712. The second-order valence-electron chi connectivity index (χ2n) is 7.48. The van der Waals surface area contributed by atoms with Gasteiger partial charge in [-0.25, -0.2) is 8.78 Å². The zero-order valence-electron chi connectivity index (χ0n) is 16.7. The molecule has 2 nitrogen and oxygen atoms in total. The van der Waals surface area contributed by atoms with Crippen molar-refractivity contribution in [2.45, 2.75) is 37.9 Å². The highest BCUT2D eigenvalue weighted by molar-refractivity contribution is 8.14. The molecule has 5 heteroatoms. The van der Waals surface area contributed by atoms with Gasteiger partial charge < -0.3 is 5.32 Å². The zero-order valence-corrected chi connectivity index (χ0v) is 17.5. The number of nitrogens with zero attached hydrogens (tertiary/aromatic N) is 1. The van der Waals surface area contributed by atoms with Gasteiger partial charge in [0.2, 0.25) is 0 Å². The average Bonchev–Trinajstić information content (AvgIpc) is 2.67. The molecule has 0 spiro atoms. The van der Waals surface area contributed by atoms with Crippen LogP contribution in [0.1, 0.15) is 38.7 Å². The van der Waals surface area contributed by atoms with Crippen molar-refractivity contribution < 1.29 is 8.78 Å². The van der Waals surface area contributed by atoms with Crippen molar-refractivity contribution in [1.82, 2.24) is 0 Å². The molecule has 2 aliphatic rings. The number of fused-ring (bicyclic) bond motifs is 1. The molecule has 0 saturated carbocycles. The van der Waals surface area contributed by atoms with E-state index in [-0.39, 0.29) is 22.8 Å². The Hall–Kier alpha value is -1.88.